The zero-order valence-corrected chi connectivity index (χ0v) is 23.8. The van der Waals surface area contributed by atoms with Gasteiger partial charge in [0.2, 0.25) is 21.8 Å². The van der Waals surface area contributed by atoms with Gasteiger partial charge in [-0.25, -0.2) is 17.2 Å². The van der Waals surface area contributed by atoms with E-state index in [9.17, 15) is 26.8 Å². The molecule has 1 atom stereocenters. The summed E-state index contributed by atoms with van der Waals surface area (Å²) in [5.41, 5.74) is 1.38. The fraction of sp³-hybridized carbons (Fsp3) is 0.355. The number of halogens is 2. The molecule has 0 heterocycles. The van der Waals surface area contributed by atoms with Crippen molar-refractivity contribution in [1.29, 1.82) is 0 Å². The number of amides is 2. The molecule has 1 fully saturated rings. The molecule has 41 heavy (non-hydrogen) atoms. The molecule has 1 N–H and O–H groups in total. The minimum absolute atomic E-state index is 0.00570. The Morgan fingerprint density at radius 3 is 2.20 bits per heavy atom. The van der Waals surface area contributed by atoms with Crippen LogP contribution in [0.1, 0.15) is 43.2 Å². The summed E-state index contributed by atoms with van der Waals surface area (Å²) in [6.07, 6.45) is 5.93. The van der Waals surface area contributed by atoms with Gasteiger partial charge in [-0.3, -0.25) is 13.9 Å². The molecule has 0 spiro atoms. The number of anilines is 1. The molecule has 1 aliphatic rings. The number of hydrogen-bond acceptors (Lipinski definition) is 4. The lowest BCUT2D eigenvalue weighted by Crippen LogP contribution is -2.55. The SMILES string of the molecule is CS(=O)(=O)N(CC(=O)N(Cc1ccc(F)cc1)C(Cc1ccccc1)C(=O)NC1CCCCC1)c1cccc(F)c1. The molecule has 4 rings (SSSR count). The summed E-state index contributed by atoms with van der Waals surface area (Å²) >= 11 is 0. The van der Waals surface area contributed by atoms with Gasteiger partial charge < -0.3 is 10.2 Å². The minimum atomic E-state index is -4.00. The van der Waals surface area contributed by atoms with Gasteiger partial charge in [0, 0.05) is 19.0 Å². The smallest absolute Gasteiger partial charge is 0.244 e. The van der Waals surface area contributed by atoms with E-state index in [1.165, 1.54) is 47.4 Å². The number of hydrogen-bond donors (Lipinski definition) is 1. The number of sulfonamides is 1. The van der Waals surface area contributed by atoms with E-state index in [4.69, 9.17) is 0 Å². The molecule has 0 aliphatic heterocycles. The standard InChI is InChI=1S/C31H35F2N3O4S/c1-41(39,40)36(28-14-8-11-26(33)20-28)22-30(37)35(21-24-15-17-25(32)18-16-24)29(19-23-9-4-2-5-10-23)31(38)34-27-12-6-3-7-13-27/h2,4-5,8-11,14-18,20,27,29H,3,6-7,12-13,19,21-22H2,1H3,(H,34,38). The number of nitrogens with one attached hydrogen (secondary N) is 1. The zero-order valence-electron chi connectivity index (χ0n) is 23.0. The van der Waals surface area contributed by atoms with E-state index in [1.807, 2.05) is 30.3 Å². The molecule has 7 nitrogen and oxygen atoms in total. The van der Waals surface area contributed by atoms with Crippen LogP contribution in [0.15, 0.2) is 78.9 Å². The summed E-state index contributed by atoms with van der Waals surface area (Å²) < 4.78 is 54.1. The fourth-order valence-corrected chi connectivity index (χ4v) is 5.97. The van der Waals surface area contributed by atoms with Gasteiger partial charge in [0.15, 0.2) is 0 Å². The molecule has 3 aromatic carbocycles. The highest BCUT2D eigenvalue weighted by molar-refractivity contribution is 7.92. The van der Waals surface area contributed by atoms with Crippen LogP contribution in [0, 0.1) is 11.6 Å². The van der Waals surface area contributed by atoms with Crippen molar-refractivity contribution in [3.63, 3.8) is 0 Å². The molecule has 218 valence electrons. The second kappa shape index (κ2) is 13.7. The molecule has 0 radical (unpaired) electrons. The molecule has 0 saturated heterocycles. The lowest BCUT2D eigenvalue weighted by Gasteiger charge is -2.35. The van der Waals surface area contributed by atoms with Crippen molar-refractivity contribution in [1.82, 2.24) is 10.2 Å². The van der Waals surface area contributed by atoms with Gasteiger partial charge in [0.05, 0.1) is 11.9 Å². The van der Waals surface area contributed by atoms with Gasteiger partial charge in [0.1, 0.15) is 24.2 Å². The number of benzene rings is 3. The average molecular weight is 584 g/mol. The molecule has 1 unspecified atom stereocenters. The van der Waals surface area contributed by atoms with Crippen molar-refractivity contribution in [3.05, 3.63) is 102 Å². The lowest BCUT2D eigenvalue weighted by atomic mass is 9.94. The van der Waals surface area contributed by atoms with Crippen LogP contribution in [-0.2, 0) is 32.6 Å². The molecule has 0 bridgehead atoms. The second-order valence-corrected chi connectivity index (χ2v) is 12.4. The minimum Gasteiger partial charge on any atom is -0.352 e. The maximum absolute atomic E-state index is 14.0. The van der Waals surface area contributed by atoms with Crippen LogP contribution in [0.2, 0.25) is 0 Å². The molecule has 10 heteroatoms. The Hall–Kier alpha value is -3.79. The summed E-state index contributed by atoms with van der Waals surface area (Å²) in [6.45, 7) is -0.707. The fourth-order valence-electron chi connectivity index (χ4n) is 5.13. The van der Waals surface area contributed by atoms with Crippen molar-refractivity contribution in [3.8, 4) is 0 Å². The van der Waals surface area contributed by atoms with E-state index in [1.54, 1.807) is 0 Å². The topological polar surface area (TPSA) is 86.8 Å². The Kier molecular flexibility index (Phi) is 10.1. The van der Waals surface area contributed by atoms with Crippen LogP contribution in [0.25, 0.3) is 0 Å². The van der Waals surface area contributed by atoms with Crippen LogP contribution in [-0.4, -0.2) is 50.0 Å². The van der Waals surface area contributed by atoms with Crippen molar-refractivity contribution in [2.75, 3.05) is 17.1 Å². The monoisotopic (exact) mass is 583 g/mol. The second-order valence-electron chi connectivity index (χ2n) is 10.4. The largest absolute Gasteiger partial charge is 0.352 e. The van der Waals surface area contributed by atoms with E-state index in [0.29, 0.717) is 5.56 Å². The highest BCUT2D eigenvalue weighted by atomic mass is 32.2. The predicted octanol–water partition coefficient (Wildman–Crippen LogP) is 4.82. The summed E-state index contributed by atoms with van der Waals surface area (Å²) in [7, 11) is -4.00. The van der Waals surface area contributed by atoms with Gasteiger partial charge in [0.25, 0.3) is 0 Å². The van der Waals surface area contributed by atoms with Gasteiger partial charge in [-0.1, -0.05) is 67.8 Å². The third-order valence-corrected chi connectivity index (χ3v) is 8.40. The first-order valence-corrected chi connectivity index (χ1v) is 15.6. The van der Waals surface area contributed by atoms with Crippen LogP contribution in [0.3, 0.4) is 0 Å². The van der Waals surface area contributed by atoms with E-state index in [2.05, 4.69) is 5.32 Å². The van der Waals surface area contributed by atoms with Crippen LogP contribution in [0.4, 0.5) is 14.5 Å². The average Bonchev–Trinajstić information content (AvgIpc) is 2.95. The third kappa shape index (κ3) is 8.60. The van der Waals surface area contributed by atoms with Gasteiger partial charge in [-0.2, -0.15) is 0 Å². The Morgan fingerprint density at radius 1 is 0.878 bits per heavy atom. The number of carbonyl (C=O) groups excluding carboxylic acids is 2. The number of carbonyl (C=O) groups is 2. The molecular weight excluding hydrogens is 548 g/mol. The van der Waals surface area contributed by atoms with Crippen molar-refractivity contribution < 1.29 is 26.8 Å². The highest BCUT2D eigenvalue weighted by Crippen LogP contribution is 2.22. The third-order valence-electron chi connectivity index (χ3n) is 7.26. The zero-order chi connectivity index (χ0) is 29.4. The van der Waals surface area contributed by atoms with Gasteiger partial charge in [-0.05, 0) is 54.3 Å². The first-order valence-electron chi connectivity index (χ1n) is 13.7. The number of nitrogens with zero attached hydrogens (tertiary/aromatic N) is 2. The molecule has 3 aromatic rings. The van der Waals surface area contributed by atoms with E-state index >= 15 is 0 Å². The summed E-state index contributed by atoms with van der Waals surface area (Å²) in [5, 5.41) is 3.12. The Bertz CT molecular complexity index is 1430. The molecule has 1 aliphatic carbocycles. The molecule has 0 aromatic heterocycles. The molecule has 2 amide bonds. The Balaban J connectivity index is 1.71. The van der Waals surface area contributed by atoms with Crippen LogP contribution in [0.5, 0.6) is 0 Å². The van der Waals surface area contributed by atoms with Crippen LogP contribution >= 0.6 is 0 Å². The van der Waals surface area contributed by atoms with Crippen molar-refractivity contribution in [2.45, 2.75) is 57.2 Å². The predicted molar refractivity (Wildman–Crippen MR) is 154 cm³/mol. The lowest BCUT2D eigenvalue weighted by molar-refractivity contribution is -0.140. The van der Waals surface area contributed by atoms with E-state index in [-0.39, 0.29) is 30.6 Å². The van der Waals surface area contributed by atoms with Crippen molar-refractivity contribution in [2.24, 2.45) is 0 Å². The quantitative estimate of drug-likeness (QED) is 0.351. The van der Waals surface area contributed by atoms with E-state index in [0.717, 1.165) is 54.3 Å². The van der Waals surface area contributed by atoms with Gasteiger partial charge in [-0.15, -0.1) is 0 Å². The van der Waals surface area contributed by atoms with E-state index < -0.39 is 40.2 Å². The summed E-state index contributed by atoms with van der Waals surface area (Å²) in [5.74, 6) is -2.09. The summed E-state index contributed by atoms with van der Waals surface area (Å²) in [4.78, 5) is 29.2. The molecular formula is C31H35F2N3O4S. The number of rotatable bonds is 11. The maximum Gasteiger partial charge on any atom is 0.244 e. The summed E-state index contributed by atoms with van der Waals surface area (Å²) in [6, 6.07) is 18.8. The van der Waals surface area contributed by atoms with Gasteiger partial charge >= 0.3 is 0 Å². The highest BCUT2D eigenvalue weighted by Gasteiger charge is 2.34. The Morgan fingerprint density at radius 2 is 1.56 bits per heavy atom. The maximum atomic E-state index is 14.0. The first kappa shape index (κ1) is 30.2. The molecule has 1 saturated carbocycles. The first-order chi connectivity index (χ1) is 19.6. The Labute approximate surface area is 240 Å². The normalized spacial score (nSPS) is 14.7. The van der Waals surface area contributed by atoms with Crippen LogP contribution < -0.4 is 9.62 Å². The van der Waals surface area contributed by atoms with Crippen molar-refractivity contribution >= 4 is 27.5 Å².